The summed E-state index contributed by atoms with van der Waals surface area (Å²) in [5, 5.41) is 3.89. The number of likely N-dealkylation sites (tertiary alicyclic amines) is 2. The molecule has 24 heavy (non-hydrogen) atoms. The maximum atomic E-state index is 13.1. The molecular formula is C18H30N4O2. The van der Waals surface area contributed by atoms with Crippen LogP contribution in [0.2, 0.25) is 0 Å². The maximum absolute atomic E-state index is 13.1. The molecular weight excluding hydrogens is 304 g/mol. The largest absolute Gasteiger partial charge is 0.341 e. The third-order valence-electron chi connectivity index (χ3n) is 5.37. The molecule has 0 bridgehead atoms. The van der Waals surface area contributed by atoms with Crippen LogP contribution in [0.5, 0.6) is 0 Å². The predicted molar refractivity (Wildman–Crippen MR) is 91.6 cm³/mol. The van der Waals surface area contributed by atoms with Crippen molar-refractivity contribution in [3.05, 3.63) is 11.7 Å². The lowest BCUT2D eigenvalue weighted by Crippen LogP contribution is -2.54. The van der Waals surface area contributed by atoms with Gasteiger partial charge in [-0.1, -0.05) is 25.4 Å². The van der Waals surface area contributed by atoms with Crippen molar-refractivity contribution in [2.24, 2.45) is 5.92 Å². The number of aromatic nitrogens is 2. The first kappa shape index (κ1) is 17.4. The second-order valence-corrected chi connectivity index (χ2v) is 7.56. The van der Waals surface area contributed by atoms with Gasteiger partial charge in [-0.2, -0.15) is 4.98 Å². The van der Waals surface area contributed by atoms with Crippen LogP contribution in [0.4, 0.5) is 0 Å². The number of aryl methyl sites for hydroxylation is 1. The molecule has 2 aliphatic rings. The van der Waals surface area contributed by atoms with Gasteiger partial charge < -0.3 is 9.42 Å². The Morgan fingerprint density at radius 2 is 1.79 bits per heavy atom. The third-order valence-corrected chi connectivity index (χ3v) is 5.37. The summed E-state index contributed by atoms with van der Waals surface area (Å²) < 4.78 is 5.31. The van der Waals surface area contributed by atoms with Gasteiger partial charge in [0.25, 0.3) is 0 Å². The smallest absolute Gasteiger partial charge is 0.240 e. The van der Waals surface area contributed by atoms with E-state index >= 15 is 0 Å². The minimum absolute atomic E-state index is 0.0347. The topological polar surface area (TPSA) is 62.5 Å². The third kappa shape index (κ3) is 3.79. The number of piperidine rings is 2. The summed E-state index contributed by atoms with van der Waals surface area (Å²) in [7, 11) is 0. The Hall–Kier alpha value is -1.43. The fourth-order valence-electron chi connectivity index (χ4n) is 4.07. The van der Waals surface area contributed by atoms with Crippen molar-refractivity contribution in [1.29, 1.82) is 0 Å². The van der Waals surface area contributed by atoms with Crippen molar-refractivity contribution in [1.82, 2.24) is 19.9 Å². The molecule has 1 aromatic heterocycles. The number of hydrogen-bond acceptors (Lipinski definition) is 5. The van der Waals surface area contributed by atoms with E-state index < -0.39 is 0 Å². The Bertz CT molecular complexity index is 543. The van der Waals surface area contributed by atoms with E-state index in [1.807, 2.05) is 6.92 Å². The van der Waals surface area contributed by atoms with Crippen LogP contribution in [0, 0.1) is 12.8 Å². The standard InChI is InChI=1S/C18H30N4O2/c1-13(2)16(21-9-5-4-6-10-21)18(23)22-11-7-15(8-12-22)17-19-14(3)20-24-17/h13,15-16H,4-12H2,1-3H3/t16-/m0/s1. The molecule has 2 aliphatic heterocycles. The first-order valence-electron chi connectivity index (χ1n) is 9.39. The van der Waals surface area contributed by atoms with Gasteiger partial charge in [0, 0.05) is 19.0 Å². The van der Waals surface area contributed by atoms with Crippen molar-refractivity contribution in [3.63, 3.8) is 0 Å². The van der Waals surface area contributed by atoms with Crippen molar-refractivity contribution in [2.45, 2.75) is 64.8 Å². The molecule has 0 aromatic carbocycles. The lowest BCUT2D eigenvalue weighted by molar-refractivity contribution is -0.140. The molecule has 0 radical (unpaired) electrons. The van der Waals surface area contributed by atoms with Crippen LogP contribution >= 0.6 is 0 Å². The monoisotopic (exact) mass is 334 g/mol. The second-order valence-electron chi connectivity index (χ2n) is 7.56. The number of hydrogen-bond donors (Lipinski definition) is 0. The van der Waals surface area contributed by atoms with Gasteiger partial charge in [0.2, 0.25) is 11.8 Å². The molecule has 1 aromatic rings. The molecule has 3 rings (SSSR count). The Morgan fingerprint density at radius 3 is 2.33 bits per heavy atom. The molecule has 3 heterocycles. The Labute approximate surface area is 144 Å². The molecule has 6 nitrogen and oxygen atoms in total. The van der Waals surface area contributed by atoms with E-state index in [1.54, 1.807) is 0 Å². The highest BCUT2D eigenvalue weighted by atomic mass is 16.5. The summed E-state index contributed by atoms with van der Waals surface area (Å²) in [6.45, 7) is 9.90. The molecule has 1 amide bonds. The van der Waals surface area contributed by atoms with Gasteiger partial charge in [0.15, 0.2) is 5.82 Å². The highest BCUT2D eigenvalue weighted by Crippen LogP contribution is 2.28. The quantitative estimate of drug-likeness (QED) is 0.847. The first-order chi connectivity index (χ1) is 11.6. The number of nitrogens with zero attached hydrogens (tertiary/aromatic N) is 4. The molecule has 0 spiro atoms. The zero-order valence-electron chi connectivity index (χ0n) is 15.2. The molecule has 134 valence electrons. The maximum Gasteiger partial charge on any atom is 0.240 e. The van der Waals surface area contributed by atoms with E-state index in [0.717, 1.165) is 44.9 Å². The van der Waals surface area contributed by atoms with Crippen molar-refractivity contribution >= 4 is 5.91 Å². The highest BCUT2D eigenvalue weighted by molar-refractivity contribution is 5.82. The molecule has 0 saturated carbocycles. The predicted octanol–water partition coefficient (Wildman–Crippen LogP) is 2.59. The van der Waals surface area contributed by atoms with Gasteiger partial charge >= 0.3 is 0 Å². The summed E-state index contributed by atoms with van der Waals surface area (Å²) in [6, 6.07) is 0.0347. The summed E-state index contributed by atoms with van der Waals surface area (Å²) >= 11 is 0. The number of carbonyl (C=O) groups is 1. The highest BCUT2D eigenvalue weighted by Gasteiger charge is 2.35. The zero-order chi connectivity index (χ0) is 17.1. The van der Waals surface area contributed by atoms with Gasteiger partial charge in [-0.15, -0.1) is 0 Å². The SMILES string of the molecule is Cc1noc(C2CCN(C(=O)[C@H](C(C)C)N3CCCCC3)CC2)n1. The van der Waals surface area contributed by atoms with E-state index in [2.05, 4.69) is 33.8 Å². The number of carbonyl (C=O) groups excluding carboxylic acids is 1. The van der Waals surface area contributed by atoms with Crippen LogP contribution in [0.1, 0.15) is 63.6 Å². The van der Waals surface area contributed by atoms with Gasteiger partial charge in [0.05, 0.1) is 6.04 Å². The lowest BCUT2D eigenvalue weighted by Gasteiger charge is -2.40. The summed E-state index contributed by atoms with van der Waals surface area (Å²) in [5.41, 5.74) is 0. The molecule has 2 fully saturated rings. The van der Waals surface area contributed by atoms with Crippen molar-refractivity contribution in [3.8, 4) is 0 Å². The van der Waals surface area contributed by atoms with Crippen molar-refractivity contribution in [2.75, 3.05) is 26.2 Å². The Kier molecular flexibility index (Phi) is 5.54. The van der Waals surface area contributed by atoms with Crippen molar-refractivity contribution < 1.29 is 9.32 Å². The van der Waals surface area contributed by atoms with Crippen LogP contribution < -0.4 is 0 Å². The average molecular weight is 334 g/mol. The minimum atomic E-state index is 0.0347. The summed E-state index contributed by atoms with van der Waals surface area (Å²) in [4.78, 5) is 21.9. The van der Waals surface area contributed by atoms with Crippen LogP contribution in [0.25, 0.3) is 0 Å². The second kappa shape index (κ2) is 7.64. The van der Waals surface area contributed by atoms with Crippen LogP contribution in [-0.2, 0) is 4.79 Å². The number of amides is 1. The molecule has 0 aliphatic carbocycles. The van der Waals surface area contributed by atoms with E-state index in [4.69, 9.17) is 4.52 Å². The van der Waals surface area contributed by atoms with E-state index in [0.29, 0.717) is 23.6 Å². The van der Waals surface area contributed by atoms with Crippen LogP contribution in [0.3, 0.4) is 0 Å². The summed E-state index contributed by atoms with van der Waals surface area (Å²) in [5.74, 6) is 2.38. The van der Waals surface area contributed by atoms with Gasteiger partial charge in [-0.25, -0.2) is 0 Å². The first-order valence-corrected chi connectivity index (χ1v) is 9.39. The van der Waals surface area contributed by atoms with Crippen LogP contribution in [-0.4, -0.2) is 58.1 Å². The van der Waals surface area contributed by atoms with E-state index in [-0.39, 0.29) is 6.04 Å². The molecule has 2 saturated heterocycles. The lowest BCUT2D eigenvalue weighted by atomic mass is 9.93. The van der Waals surface area contributed by atoms with Gasteiger partial charge in [-0.05, 0) is 51.6 Å². The summed E-state index contributed by atoms with van der Waals surface area (Å²) in [6.07, 6.45) is 5.56. The van der Waals surface area contributed by atoms with Gasteiger partial charge in [0.1, 0.15) is 0 Å². The van der Waals surface area contributed by atoms with E-state index in [9.17, 15) is 4.79 Å². The molecule has 6 heteroatoms. The fraction of sp³-hybridized carbons (Fsp3) is 0.833. The Balaban J connectivity index is 1.60. The number of rotatable bonds is 4. The van der Waals surface area contributed by atoms with E-state index in [1.165, 1.54) is 19.3 Å². The molecule has 0 N–H and O–H groups in total. The fourth-order valence-corrected chi connectivity index (χ4v) is 4.07. The Morgan fingerprint density at radius 1 is 1.12 bits per heavy atom. The normalized spacial score (nSPS) is 22.1. The minimum Gasteiger partial charge on any atom is -0.341 e. The van der Waals surface area contributed by atoms with Gasteiger partial charge in [-0.3, -0.25) is 9.69 Å². The zero-order valence-corrected chi connectivity index (χ0v) is 15.2. The molecule has 0 unspecified atom stereocenters. The average Bonchev–Trinajstić information content (AvgIpc) is 3.02. The molecule has 1 atom stereocenters. The van der Waals surface area contributed by atoms with Crippen LogP contribution in [0.15, 0.2) is 4.52 Å².